The molecule has 4 heterocycles. The van der Waals surface area contributed by atoms with Crippen molar-refractivity contribution in [2.24, 2.45) is 0 Å². The van der Waals surface area contributed by atoms with Gasteiger partial charge in [0.25, 0.3) is 0 Å². The number of likely N-dealkylation sites (tertiary alicyclic amines) is 3. The van der Waals surface area contributed by atoms with Crippen molar-refractivity contribution in [3.8, 4) is 5.75 Å². The SMILES string of the molecule is O=C(N[C@H](Cc1ccc(Cl)cc1Cl)C(=O)N1CCC(c2ncccc2OC[C@@H](I)N2CCCC2)CC1)N1CCC[C@@H](O)C1. The second kappa shape index (κ2) is 15.4. The molecule has 2 N–H and O–H groups in total. The summed E-state index contributed by atoms with van der Waals surface area (Å²) in [7, 11) is 0. The van der Waals surface area contributed by atoms with Crippen LogP contribution in [0.5, 0.6) is 5.75 Å². The molecule has 12 heteroatoms. The lowest BCUT2D eigenvalue weighted by Gasteiger charge is -2.36. The third kappa shape index (κ3) is 8.65. The lowest BCUT2D eigenvalue weighted by Crippen LogP contribution is -2.56. The van der Waals surface area contributed by atoms with E-state index < -0.39 is 12.1 Å². The highest BCUT2D eigenvalue weighted by Crippen LogP contribution is 2.33. The van der Waals surface area contributed by atoms with E-state index in [0.29, 0.717) is 46.8 Å². The number of carbonyl (C=O) groups excluding carboxylic acids is 2. The van der Waals surface area contributed by atoms with Crippen LogP contribution in [0.2, 0.25) is 10.0 Å². The Bertz CT molecular complexity index is 1260. The van der Waals surface area contributed by atoms with E-state index in [0.717, 1.165) is 49.4 Å². The third-order valence-corrected chi connectivity index (χ3v) is 10.4. The minimum Gasteiger partial charge on any atom is -0.489 e. The summed E-state index contributed by atoms with van der Waals surface area (Å²) in [6, 6.07) is 7.92. The zero-order valence-electron chi connectivity index (χ0n) is 24.3. The predicted octanol–water partition coefficient (Wildman–Crippen LogP) is 5.11. The molecule has 1 aromatic heterocycles. The zero-order valence-corrected chi connectivity index (χ0v) is 27.9. The minimum atomic E-state index is -0.804. The predicted molar refractivity (Wildman–Crippen MR) is 176 cm³/mol. The molecule has 1 aromatic carbocycles. The van der Waals surface area contributed by atoms with E-state index in [-0.39, 0.29) is 30.8 Å². The molecular weight excluding hydrogens is 704 g/mol. The summed E-state index contributed by atoms with van der Waals surface area (Å²) in [6.45, 7) is 4.74. The van der Waals surface area contributed by atoms with Crippen molar-refractivity contribution in [2.75, 3.05) is 45.9 Å². The third-order valence-electron chi connectivity index (χ3n) is 8.62. The number of benzene rings is 1. The molecule has 0 bridgehead atoms. The molecule has 3 aliphatic rings. The van der Waals surface area contributed by atoms with Crippen LogP contribution in [0, 0.1) is 0 Å². The maximum atomic E-state index is 13.9. The van der Waals surface area contributed by atoms with Gasteiger partial charge in [-0.15, -0.1) is 0 Å². The standard InChI is InChI=1S/C31H40Cl2IN5O4/c32-23-8-7-22(25(33)18-23)17-26(36-31(42)39-14-4-5-24(40)19-39)30(41)38-15-9-21(10-16-38)29-27(6-3-11-35-29)43-20-28(34)37-12-1-2-13-37/h3,6-8,11,18,21,24,26,28,40H,1-2,4-5,9-10,12-17,19-20H2,(H,36,42)/t24-,26-,28+/m1/s1. The van der Waals surface area contributed by atoms with Crippen LogP contribution in [0.3, 0.4) is 0 Å². The number of urea groups is 1. The molecular formula is C31H40Cl2IN5O4. The number of carbonyl (C=O) groups is 2. The number of piperidine rings is 2. The number of rotatable bonds is 9. The van der Waals surface area contributed by atoms with E-state index >= 15 is 0 Å². The number of aliphatic hydroxyl groups is 1. The summed E-state index contributed by atoms with van der Waals surface area (Å²) in [6.07, 6.45) is 6.87. The fraction of sp³-hybridized carbons (Fsp3) is 0.581. The zero-order chi connectivity index (χ0) is 30.3. The van der Waals surface area contributed by atoms with Crippen LogP contribution in [0.15, 0.2) is 36.5 Å². The van der Waals surface area contributed by atoms with Gasteiger partial charge < -0.3 is 25.0 Å². The lowest BCUT2D eigenvalue weighted by atomic mass is 9.91. The first kappa shape index (κ1) is 32.5. The highest BCUT2D eigenvalue weighted by Gasteiger charge is 2.33. The van der Waals surface area contributed by atoms with Crippen molar-refractivity contribution in [1.82, 2.24) is 25.0 Å². The Kier molecular flexibility index (Phi) is 11.7. The highest BCUT2D eigenvalue weighted by molar-refractivity contribution is 14.1. The first-order valence-corrected chi connectivity index (χ1v) is 17.2. The molecule has 3 atom stereocenters. The Morgan fingerprint density at radius 3 is 2.53 bits per heavy atom. The van der Waals surface area contributed by atoms with E-state index in [1.165, 1.54) is 12.8 Å². The number of nitrogens with zero attached hydrogens (tertiary/aromatic N) is 4. The van der Waals surface area contributed by atoms with Gasteiger partial charge in [0.15, 0.2) is 0 Å². The molecule has 43 heavy (non-hydrogen) atoms. The van der Waals surface area contributed by atoms with Gasteiger partial charge in [-0.25, -0.2) is 4.79 Å². The van der Waals surface area contributed by atoms with Crippen molar-refractivity contribution in [3.05, 3.63) is 57.8 Å². The van der Waals surface area contributed by atoms with Gasteiger partial charge in [0.05, 0.1) is 15.8 Å². The monoisotopic (exact) mass is 743 g/mol. The van der Waals surface area contributed by atoms with Crippen LogP contribution < -0.4 is 10.1 Å². The molecule has 0 radical (unpaired) electrons. The number of hydrogen-bond acceptors (Lipinski definition) is 6. The summed E-state index contributed by atoms with van der Waals surface area (Å²) in [5, 5.41) is 14.0. The van der Waals surface area contributed by atoms with Crippen LogP contribution in [0.4, 0.5) is 4.79 Å². The first-order valence-electron chi connectivity index (χ1n) is 15.2. The molecule has 0 unspecified atom stereocenters. The molecule has 3 aliphatic heterocycles. The minimum absolute atomic E-state index is 0.147. The Morgan fingerprint density at radius 2 is 1.81 bits per heavy atom. The van der Waals surface area contributed by atoms with E-state index in [1.54, 1.807) is 29.3 Å². The topological polar surface area (TPSA) is 98.2 Å². The first-order chi connectivity index (χ1) is 20.8. The summed E-state index contributed by atoms with van der Waals surface area (Å²) in [5.41, 5.74) is 1.68. The van der Waals surface area contributed by atoms with E-state index in [9.17, 15) is 14.7 Å². The second-order valence-corrected chi connectivity index (χ2v) is 13.9. The largest absolute Gasteiger partial charge is 0.489 e. The molecule has 234 valence electrons. The Balaban J connectivity index is 1.23. The van der Waals surface area contributed by atoms with Crippen molar-refractivity contribution in [2.45, 2.75) is 67.1 Å². The van der Waals surface area contributed by atoms with E-state index in [2.05, 4.69) is 32.8 Å². The number of hydrogen-bond donors (Lipinski definition) is 2. The fourth-order valence-electron chi connectivity index (χ4n) is 6.20. The molecule has 0 saturated carbocycles. The molecule has 3 amide bonds. The van der Waals surface area contributed by atoms with Gasteiger partial charge in [0.1, 0.15) is 18.4 Å². The summed E-state index contributed by atoms with van der Waals surface area (Å²) >= 11 is 15.0. The molecule has 3 fully saturated rings. The van der Waals surface area contributed by atoms with Gasteiger partial charge in [0, 0.05) is 54.8 Å². The molecule has 2 aromatic rings. The van der Waals surface area contributed by atoms with Gasteiger partial charge in [-0.3, -0.25) is 14.7 Å². The summed E-state index contributed by atoms with van der Waals surface area (Å²) in [5.74, 6) is 0.846. The molecule has 0 aliphatic carbocycles. The normalized spacial score (nSPS) is 21.4. The van der Waals surface area contributed by atoms with Crippen LogP contribution in [0.1, 0.15) is 55.7 Å². The summed E-state index contributed by atoms with van der Waals surface area (Å²) < 4.78 is 6.61. The molecule has 5 rings (SSSR count). The quantitative estimate of drug-likeness (QED) is 0.211. The highest BCUT2D eigenvalue weighted by atomic mass is 127. The Morgan fingerprint density at radius 1 is 1.05 bits per heavy atom. The van der Waals surface area contributed by atoms with Gasteiger partial charge >= 0.3 is 6.03 Å². The number of β-amino-alcohol motifs (C(OH)–C–C–N with tert-alkyl or cyclic N) is 1. The number of nitrogens with one attached hydrogen (secondary N) is 1. The van der Waals surface area contributed by atoms with Crippen LogP contribution in [0.25, 0.3) is 0 Å². The van der Waals surface area contributed by atoms with Crippen LogP contribution >= 0.6 is 45.8 Å². The Hall–Kier alpha value is -1.86. The number of ether oxygens (including phenoxy) is 1. The Labute approximate surface area is 277 Å². The van der Waals surface area contributed by atoms with Gasteiger partial charge in [-0.1, -0.05) is 51.9 Å². The number of aliphatic hydroxyl groups excluding tert-OH is 1. The number of aromatic nitrogens is 1. The van der Waals surface area contributed by atoms with Crippen molar-refractivity contribution in [3.63, 3.8) is 0 Å². The van der Waals surface area contributed by atoms with E-state index in [4.69, 9.17) is 32.9 Å². The number of amides is 3. The lowest BCUT2D eigenvalue weighted by molar-refractivity contribution is -0.134. The van der Waals surface area contributed by atoms with Crippen molar-refractivity contribution < 1.29 is 19.4 Å². The number of alkyl halides is 1. The van der Waals surface area contributed by atoms with Crippen LogP contribution in [-0.4, -0.2) is 98.8 Å². The van der Waals surface area contributed by atoms with Gasteiger partial charge in [0.2, 0.25) is 5.91 Å². The molecule has 3 saturated heterocycles. The summed E-state index contributed by atoms with van der Waals surface area (Å²) in [4.78, 5) is 37.7. The van der Waals surface area contributed by atoms with E-state index in [1.807, 2.05) is 17.0 Å². The number of halogens is 3. The second-order valence-electron chi connectivity index (χ2n) is 11.7. The van der Waals surface area contributed by atoms with Crippen molar-refractivity contribution >= 4 is 57.7 Å². The fourth-order valence-corrected chi connectivity index (χ4v) is 7.42. The van der Waals surface area contributed by atoms with Crippen LogP contribution in [-0.2, 0) is 11.2 Å². The maximum Gasteiger partial charge on any atom is 0.318 e. The molecule has 9 nitrogen and oxygen atoms in total. The van der Waals surface area contributed by atoms with Gasteiger partial charge in [-0.2, -0.15) is 0 Å². The molecule has 0 spiro atoms. The average molecular weight is 745 g/mol. The average Bonchev–Trinajstić information content (AvgIpc) is 3.56. The maximum absolute atomic E-state index is 13.9. The smallest absolute Gasteiger partial charge is 0.318 e. The number of pyridine rings is 1. The van der Waals surface area contributed by atoms with Gasteiger partial charge in [-0.05, 0) is 81.4 Å². The van der Waals surface area contributed by atoms with Crippen molar-refractivity contribution in [1.29, 1.82) is 0 Å².